The van der Waals surface area contributed by atoms with E-state index in [1.165, 1.54) is 17.1 Å². The lowest BCUT2D eigenvalue weighted by Crippen LogP contribution is -2.30. The van der Waals surface area contributed by atoms with Gasteiger partial charge in [0.2, 0.25) is 0 Å². The summed E-state index contributed by atoms with van der Waals surface area (Å²) in [7, 11) is 0. The molecule has 0 aliphatic heterocycles. The molecule has 0 saturated carbocycles. The Labute approximate surface area is 163 Å². The Morgan fingerprint density at radius 2 is 1.89 bits per heavy atom. The normalized spacial score (nSPS) is 10.9. The minimum atomic E-state index is -0.118. The molecule has 0 aliphatic carbocycles. The number of nitrogens with zero attached hydrogens (tertiary/aromatic N) is 2. The molecule has 1 N–H and O–H groups in total. The number of aromatic nitrogens is 2. The van der Waals surface area contributed by atoms with E-state index < -0.39 is 0 Å². The van der Waals surface area contributed by atoms with Crippen LogP contribution < -0.4 is 10.1 Å². The zero-order valence-corrected chi connectivity index (χ0v) is 16.8. The van der Waals surface area contributed by atoms with Crippen molar-refractivity contribution in [2.75, 3.05) is 0 Å². The number of nitrogens with one attached hydrogen (secondary N) is 1. The van der Waals surface area contributed by atoms with Crippen molar-refractivity contribution in [1.29, 1.82) is 0 Å². The van der Waals surface area contributed by atoms with Crippen molar-refractivity contribution in [3.05, 3.63) is 70.5 Å². The van der Waals surface area contributed by atoms with E-state index in [1.807, 2.05) is 26.8 Å². The average Bonchev–Trinajstić information content (AvgIpc) is 3.05. The maximum Gasteiger partial charge on any atom is 0.298 e. The number of benzene rings is 2. The molecule has 0 atom stereocenters. The minimum Gasteiger partial charge on any atom is -0.430 e. The smallest absolute Gasteiger partial charge is 0.298 e. The number of rotatable bonds is 6. The van der Waals surface area contributed by atoms with Crippen LogP contribution in [0.5, 0.6) is 10.9 Å². The van der Waals surface area contributed by atoms with Gasteiger partial charge in [0.15, 0.2) is 5.82 Å². The number of carbonyl (C=O) groups is 1. The van der Waals surface area contributed by atoms with Crippen molar-refractivity contribution in [3.63, 3.8) is 0 Å². The van der Waals surface area contributed by atoms with Gasteiger partial charge in [-0.2, -0.15) is 9.36 Å². The molecule has 3 rings (SSSR count). The Balaban J connectivity index is 1.72. The summed E-state index contributed by atoms with van der Waals surface area (Å²) in [5.41, 5.74) is 3.89. The highest BCUT2D eigenvalue weighted by Gasteiger charge is 2.13. The van der Waals surface area contributed by atoms with Crippen LogP contribution in [0.15, 0.2) is 42.5 Å². The van der Waals surface area contributed by atoms with Crippen LogP contribution in [0.25, 0.3) is 0 Å². The van der Waals surface area contributed by atoms with Crippen molar-refractivity contribution in [2.45, 2.75) is 40.2 Å². The van der Waals surface area contributed by atoms with Crippen molar-refractivity contribution in [3.8, 4) is 10.9 Å². The lowest BCUT2D eigenvalue weighted by molar-refractivity contribution is 0.0943. The second-order valence-corrected chi connectivity index (χ2v) is 7.56. The molecule has 0 bridgehead atoms. The van der Waals surface area contributed by atoms with Crippen molar-refractivity contribution >= 4 is 17.4 Å². The molecule has 0 unspecified atom stereocenters. The Morgan fingerprint density at radius 3 is 2.59 bits per heavy atom. The fraction of sp³-hybridized carbons (Fsp3) is 0.286. The number of hydrogen-bond donors (Lipinski definition) is 1. The highest BCUT2D eigenvalue weighted by molar-refractivity contribution is 7.07. The first kappa shape index (κ1) is 19.0. The van der Waals surface area contributed by atoms with E-state index >= 15 is 0 Å². The summed E-state index contributed by atoms with van der Waals surface area (Å²) >= 11 is 1.22. The molecule has 1 amide bonds. The Kier molecular flexibility index (Phi) is 5.86. The number of aryl methyl sites for hydroxylation is 2. The summed E-state index contributed by atoms with van der Waals surface area (Å²) < 4.78 is 10.3. The van der Waals surface area contributed by atoms with Gasteiger partial charge in [-0.25, -0.2) is 0 Å². The molecule has 27 heavy (non-hydrogen) atoms. The fourth-order valence-electron chi connectivity index (χ4n) is 2.53. The molecule has 1 aromatic heterocycles. The van der Waals surface area contributed by atoms with Gasteiger partial charge in [-0.3, -0.25) is 4.79 Å². The van der Waals surface area contributed by atoms with Gasteiger partial charge in [-0.05, 0) is 51.0 Å². The van der Waals surface area contributed by atoms with Gasteiger partial charge in [0, 0.05) is 29.6 Å². The van der Waals surface area contributed by atoms with E-state index in [0.29, 0.717) is 22.9 Å². The van der Waals surface area contributed by atoms with Crippen LogP contribution in [-0.4, -0.2) is 21.3 Å². The van der Waals surface area contributed by atoms with Crippen molar-refractivity contribution < 1.29 is 9.53 Å². The number of hydrogen-bond acceptors (Lipinski definition) is 5. The summed E-state index contributed by atoms with van der Waals surface area (Å²) in [6, 6.07) is 13.8. The summed E-state index contributed by atoms with van der Waals surface area (Å²) in [5, 5.41) is 3.36. The quantitative estimate of drug-likeness (QED) is 0.673. The minimum absolute atomic E-state index is 0.0793. The number of carbonyl (C=O) groups excluding carboxylic acids is 1. The summed E-state index contributed by atoms with van der Waals surface area (Å²) in [5.74, 6) is 1.22. The number of amides is 1. The molecule has 1 heterocycles. The molecule has 0 spiro atoms. The van der Waals surface area contributed by atoms with Crippen LogP contribution in [0.4, 0.5) is 0 Å². The highest BCUT2D eigenvalue weighted by atomic mass is 32.1. The van der Waals surface area contributed by atoms with Crippen LogP contribution >= 0.6 is 11.5 Å². The van der Waals surface area contributed by atoms with Gasteiger partial charge in [0.1, 0.15) is 5.75 Å². The maximum absolute atomic E-state index is 12.2. The van der Waals surface area contributed by atoms with Crippen molar-refractivity contribution in [1.82, 2.24) is 14.7 Å². The molecule has 6 heteroatoms. The molecular weight excluding hydrogens is 358 g/mol. The SMILES string of the molecule is Cc1ccc(Cc2nsc(Oc3cc(C(=O)NC(C)C)ccc3C)n2)cc1. The first-order valence-electron chi connectivity index (χ1n) is 8.88. The lowest BCUT2D eigenvalue weighted by Gasteiger charge is -2.11. The van der Waals surface area contributed by atoms with Crippen LogP contribution in [0, 0.1) is 13.8 Å². The zero-order chi connectivity index (χ0) is 19.4. The lowest BCUT2D eigenvalue weighted by atomic mass is 10.1. The predicted molar refractivity (Wildman–Crippen MR) is 108 cm³/mol. The third-order valence-electron chi connectivity index (χ3n) is 4.00. The average molecular weight is 382 g/mol. The summed E-state index contributed by atoms with van der Waals surface area (Å²) in [6.45, 7) is 7.86. The Bertz CT molecular complexity index is 933. The first-order chi connectivity index (χ1) is 12.9. The van der Waals surface area contributed by atoms with Crippen LogP contribution in [-0.2, 0) is 6.42 Å². The van der Waals surface area contributed by atoms with Gasteiger partial charge in [-0.15, -0.1) is 0 Å². The molecule has 0 aliphatic rings. The first-order valence-corrected chi connectivity index (χ1v) is 9.65. The number of ether oxygens (including phenoxy) is 1. The van der Waals surface area contributed by atoms with Gasteiger partial charge in [0.05, 0.1) is 0 Å². The topological polar surface area (TPSA) is 64.1 Å². The predicted octanol–water partition coefficient (Wildman–Crippen LogP) is 4.68. The second-order valence-electron chi connectivity index (χ2n) is 6.85. The van der Waals surface area contributed by atoms with Crippen LogP contribution in [0.3, 0.4) is 0 Å². The molecule has 0 saturated heterocycles. The monoisotopic (exact) mass is 381 g/mol. The summed E-state index contributed by atoms with van der Waals surface area (Å²) in [6.07, 6.45) is 0.663. The molecule has 2 aromatic carbocycles. The molecule has 3 aromatic rings. The van der Waals surface area contributed by atoms with Crippen molar-refractivity contribution in [2.24, 2.45) is 0 Å². The van der Waals surface area contributed by atoms with E-state index in [1.54, 1.807) is 12.1 Å². The van der Waals surface area contributed by atoms with Gasteiger partial charge in [-0.1, -0.05) is 35.9 Å². The Morgan fingerprint density at radius 1 is 1.15 bits per heavy atom. The summed E-state index contributed by atoms with van der Waals surface area (Å²) in [4.78, 5) is 16.7. The Hall–Kier alpha value is -2.73. The molecule has 140 valence electrons. The van der Waals surface area contributed by atoms with E-state index in [-0.39, 0.29) is 11.9 Å². The van der Waals surface area contributed by atoms with E-state index in [2.05, 4.69) is 45.9 Å². The largest absolute Gasteiger partial charge is 0.430 e. The third kappa shape index (κ3) is 5.14. The van der Waals surface area contributed by atoms with E-state index in [9.17, 15) is 4.79 Å². The molecule has 5 nitrogen and oxygen atoms in total. The fourth-order valence-corrected chi connectivity index (χ4v) is 3.09. The van der Waals surface area contributed by atoms with E-state index in [0.717, 1.165) is 17.0 Å². The standard InChI is InChI=1S/C21H23N3O2S/c1-13(2)22-20(25)17-10-7-15(4)18(12-17)26-21-23-19(24-27-21)11-16-8-5-14(3)6-9-16/h5-10,12-13H,11H2,1-4H3,(H,22,25). The van der Waals surface area contributed by atoms with Crippen LogP contribution in [0.2, 0.25) is 0 Å². The van der Waals surface area contributed by atoms with E-state index in [4.69, 9.17) is 4.74 Å². The van der Waals surface area contributed by atoms with Crippen LogP contribution in [0.1, 0.15) is 46.7 Å². The van der Waals surface area contributed by atoms with Gasteiger partial charge in [0.25, 0.3) is 11.1 Å². The molecular formula is C21H23N3O2S. The molecule has 0 radical (unpaired) electrons. The molecule has 0 fully saturated rings. The highest BCUT2D eigenvalue weighted by Crippen LogP contribution is 2.28. The second kappa shape index (κ2) is 8.31. The van der Waals surface area contributed by atoms with Gasteiger partial charge >= 0.3 is 0 Å². The third-order valence-corrected chi connectivity index (χ3v) is 4.63. The van der Waals surface area contributed by atoms with Gasteiger partial charge < -0.3 is 10.1 Å². The zero-order valence-electron chi connectivity index (χ0n) is 15.9. The maximum atomic E-state index is 12.2.